The quantitative estimate of drug-likeness (QED) is 0.249. The van der Waals surface area contributed by atoms with E-state index in [1.54, 1.807) is 13.8 Å². The molecule has 2 atom stereocenters. The zero-order valence-electron chi connectivity index (χ0n) is 17.0. The van der Waals surface area contributed by atoms with E-state index in [4.69, 9.17) is 0 Å². The van der Waals surface area contributed by atoms with Crippen LogP contribution in [-0.2, 0) is 9.59 Å². The molecule has 2 rings (SSSR count). The van der Waals surface area contributed by atoms with Gasteiger partial charge >= 0.3 is 59.1 Å². The van der Waals surface area contributed by atoms with Crippen molar-refractivity contribution in [3.63, 3.8) is 0 Å². The van der Waals surface area contributed by atoms with Gasteiger partial charge in [0.15, 0.2) is 0 Å². The molecule has 0 aromatic heterocycles. The Kier molecular flexibility index (Phi) is 10.3. The molecule has 0 spiro atoms. The van der Waals surface area contributed by atoms with Crippen molar-refractivity contribution in [1.82, 2.24) is 0 Å². The van der Waals surface area contributed by atoms with E-state index in [2.05, 4.69) is 0 Å². The monoisotopic (exact) mass is 430 g/mol. The Bertz CT molecular complexity index is 876. The molecule has 0 fully saturated rings. The first-order valence-corrected chi connectivity index (χ1v) is 8.06. The number of rotatable bonds is 7. The summed E-state index contributed by atoms with van der Waals surface area (Å²) < 4.78 is 0. The van der Waals surface area contributed by atoms with Crippen molar-refractivity contribution in [2.24, 2.45) is 0 Å². The van der Waals surface area contributed by atoms with Crippen LogP contribution in [0.1, 0.15) is 31.8 Å². The van der Waals surface area contributed by atoms with Crippen molar-refractivity contribution in [2.45, 2.75) is 25.0 Å². The van der Waals surface area contributed by atoms with Gasteiger partial charge in [-0.1, -0.05) is 59.7 Å². The number of carbonyl (C=O) groups is 4. The summed E-state index contributed by atoms with van der Waals surface area (Å²) in [6.07, 6.45) is 0. The van der Waals surface area contributed by atoms with Gasteiger partial charge in [0, 0.05) is 11.1 Å². The van der Waals surface area contributed by atoms with Crippen LogP contribution in [0.2, 0.25) is 0 Å². The average Bonchev–Trinajstić information content (AvgIpc) is 2.66. The van der Waals surface area contributed by atoms with Gasteiger partial charge in [0.1, 0.15) is 0 Å². The maximum absolute atomic E-state index is 12.7. The Balaban J connectivity index is 0.00000420. The van der Waals surface area contributed by atoms with Gasteiger partial charge in [-0.25, -0.2) is 0 Å². The minimum absolute atomic E-state index is 0. The molecule has 0 radical (unpaired) electrons. The van der Waals surface area contributed by atoms with E-state index >= 15 is 0 Å². The molecule has 8 nitrogen and oxygen atoms in total. The first-order valence-electron chi connectivity index (χ1n) is 8.06. The summed E-state index contributed by atoms with van der Waals surface area (Å²) in [5, 5.41) is 44.4. The summed E-state index contributed by atoms with van der Waals surface area (Å²) >= 11 is 0. The summed E-state index contributed by atoms with van der Waals surface area (Å²) in [7, 11) is 0. The third-order valence-electron chi connectivity index (χ3n) is 4.40. The van der Waals surface area contributed by atoms with Crippen LogP contribution in [0, 0.1) is 13.8 Å². The molecule has 2 N–H and O–H groups in total. The van der Waals surface area contributed by atoms with Crippen LogP contribution in [-0.4, -0.2) is 44.9 Å². The zero-order valence-corrected chi connectivity index (χ0v) is 21.0. The van der Waals surface area contributed by atoms with Crippen molar-refractivity contribution >= 4 is 23.5 Å². The Morgan fingerprint density at radius 1 is 0.633 bits per heavy atom. The Morgan fingerprint density at radius 3 is 1.07 bits per heavy atom. The fourth-order valence-corrected chi connectivity index (χ4v) is 2.64. The molecule has 0 heterocycles. The van der Waals surface area contributed by atoms with E-state index in [1.165, 1.54) is 24.3 Å². The molecule has 2 aromatic carbocycles. The predicted molar refractivity (Wildman–Crippen MR) is 90.9 cm³/mol. The number of hydrogen-bond donors (Lipinski definition) is 2. The topological polar surface area (TPSA) is 155 Å². The number of hydrogen-bond acceptors (Lipinski definition) is 8. The van der Waals surface area contributed by atoms with Crippen molar-refractivity contribution in [1.29, 1.82) is 0 Å². The number of aliphatic hydroxyl groups is 2. The molecular formula is C20H16Na2O8. The molecule has 146 valence electrons. The molecular weight excluding hydrogens is 414 g/mol. The van der Waals surface area contributed by atoms with Crippen molar-refractivity contribution < 1.29 is 98.7 Å². The fraction of sp³-hybridized carbons (Fsp3) is 0.200. The first-order chi connectivity index (χ1) is 13.0. The van der Waals surface area contributed by atoms with Crippen molar-refractivity contribution in [2.75, 3.05) is 0 Å². The fourth-order valence-electron chi connectivity index (χ4n) is 2.64. The van der Waals surface area contributed by atoms with Gasteiger partial charge in [0.05, 0.1) is 11.9 Å². The Labute approximate surface area is 216 Å². The number of Topliss-reactive ketones (excluding diaryl/α,β-unsaturated/α-hetero) is 2. The molecule has 10 heteroatoms. The maximum atomic E-state index is 12.7. The summed E-state index contributed by atoms with van der Waals surface area (Å²) in [6, 6.07) is 10.0. The van der Waals surface area contributed by atoms with E-state index in [9.17, 15) is 39.6 Å². The Hall–Kier alpha value is -1.36. The summed E-state index contributed by atoms with van der Waals surface area (Å²) in [6.45, 7) is 3.33. The molecule has 0 amide bonds. The second-order valence-electron chi connectivity index (χ2n) is 6.39. The summed E-state index contributed by atoms with van der Waals surface area (Å²) in [5.74, 6) is -8.80. The first kappa shape index (κ1) is 28.6. The van der Waals surface area contributed by atoms with E-state index in [0.717, 1.165) is 24.3 Å². The number of carbonyl (C=O) groups excluding carboxylic acids is 4. The second-order valence-corrected chi connectivity index (χ2v) is 6.39. The van der Waals surface area contributed by atoms with Crippen LogP contribution in [0.5, 0.6) is 0 Å². The molecule has 30 heavy (non-hydrogen) atoms. The number of carboxylic acids is 2. The smallest absolute Gasteiger partial charge is 0.546 e. The SMILES string of the molecule is Cc1ccc(C(=O)[C@](O)(C(=O)[O-])[C@@](O)(C(=O)[O-])C(=O)c2ccc(C)cc2)cc1.[Na+].[Na+]. The number of ketones is 2. The molecule has 0 aliphatic rings. The summed E-state index contributed by atoms with van der Waals surface area (Å²) in [4.78, 5) is 48.7. The van der Waals surface area contributed by atoms with Gasteiger partial charge in [-0.15, -0.1) is 0 Å². The van der Waals surface area contributed by atoms with Gasteiger partial charge < -0.3 is 30.0 Å². The van der Waals surface area contributed by atoms with Crippen LogP contribution >= 0.6 is 0 Å². The number of aryl methyl sites for hydroxylation is 2. The number of benzene rings is 2. The number of aliphatic carboxylic acids is 2. The summed E-state index contributed by atoms with van der Waals surface area (Å²) in [5.41, 5.74) is -7.81. The largest absolute Gasteiger partial charge is 1.00 e. The van der Waals surface area contributed by atoms with Crippen LogP contribution in [0.4, 0.5) is 0 Å². The number of carboxylic acid groups (broad SMARTS) is 2. The van der Waals surface area contributed by atoms with Gasteiger partial charge in [0.25, 0.3) is 0 Å². The van der Waals surface area contributed by atoms with Gasteiger partial charge in [-0.2, -0.15) is 0 Å². The standard InChI is InChI=1S/C20H18O8.2Na/c1-11-3-7-13(8-4-11)15(21)19(27,17(23)24)20(28,18(25)26)16(22)14-9-5-12(2)6-10-14;;/h3-10,27-28H,1-2H3,(H,23,24)(H,25,26);;/q;2*+1/p-2/t19-,20-;;/m0../s1. The van der Waals surface area contributed by atoms with Gasteiger partial charge in [0.2, 0.25) is 22.8 Å². The van der Waals surface area contributed by atoms with Crippen LogP contribution in [0.3, 0.4) is 0 Å². The normalized spacial score (nSPS) is 14.1. The maximum Gasteiger partial charge on any atom is 1.00 e. The third-order valence-corrected chi connectivity index (χ3v) is 4.40. The zero-order chi connectivity index (χ0) is 21.3. The third kappa shape index (κ3) is 4.92. The molecule has 0 saturated heterocycles. The van der Waals surface area contributed by atoms with Crippen molar-refractivity contribution in [3.05, 3.63) is 70.8 Å². The second kappa shape index (κ2) is 10.8. The van der Waals surface area contributed by atoms with Crippen LogP contribution in [0.15, 0.2) is 48.5 Å². The molecule has 0 bridgehead atoms. The van der Waals surface area contributed by atoms with Crippen LogP contribution in [0.25, 0.3) is 0 Å². The van der Waals surface area contributed by atoms with Gasteiger partial charge in [-0.3, -0.25) is 9.59 Å². The van der Waals surface area contributed by atoms with Crippen molar-refractivity contribution in [3.8, 4) is 0 Å². The van der Waals surface area contributed by atoms with E-state index in [-0.39, 0.29) is 59.1 Å². The minimum atomic E-state index is -4.14. The molecule has 0 aliphatic carbocycles. The predicted octanol–water partition coefficient (Wildman–Crippen LogP) is -7.66. The van der Waals surface area contributed by atoms with E-state index < -0.39 is 45.8 Å². The van der Waals surface area contributed by atoms with Gasteiger partial charge in [-0.05, 0) is 13.8 Å². The molecule has 2 aromatic rings. The molecule has 0 saturated carbocycles. The average molecular weight is 430 g/mol. The van der Waals surface area contributed by atoms with Crippen LogP contribution < -0.4 is 69.3 Å². The molecule has 0 aliphatic heterocycles. The molecule has 0 unspecified atom stereocenters. The van der Waals surface area contributed by atoms with E-state index in [0.29, 0.717) is 11.1 Å². The van der Waals surface area contributed by atoms with E-state index in [1.807, 2.05) is 0 Å². The Morgan fingerprint density at radius 2 is 0.867 bits per heavy atom. The minimum Gasteiger partial charge on any atom is -0.546 e.